The van der Waals surface area contributed by atoms with Gasteiger partial charge in [0, 0.05) is 0 Å². The van der Waals surface area contributed by atoms with Crippen molar-refractivity contribution in [3.05, 3.63) is 42.0 Å². The largest absolute Gasteiger partial charge is 0.497 e. The van der Waals surface area contributed by atoms with Crippen LogP contribution >= 0.6 is 0 Å². The minimum atomic E-state index is -0.251. The molecule has 7 heteroatoms. The van der Waals surface area contributed by atoms with Crippen LogP contribution in [-0.4, -0.2) is 58.9 Å². The summed E-state index contributed by atoms with van der Waals surface area (Å²) in [4.78, 5) is 25.1. The second-order valence-electron chi connectivity index (χ2n) is 6.04. The highest BCUT2D eigenvalue weighted by Crippen LogP contribution is 2.33. The predicted molar refractivity (Wildman–Crippen MR) is 87.3 cm³/mol. The SMILES string of the molecule is COc1ccc(/C=N/N2CC(=O)N3[C@@H]4C=C[C@@H](CC4)N3C2=O)cc1. The third-order valence-electron chi connectivity index (χ3n) is 4.59. The van der Waals surface area contributed by atoms with Crippen LogP contribution in [0.3, 0.4) is 0 Å². The third-order valence-corrected chi connectivity index (χ3v) is 4.59. The van der Waals surface area contributed by atoms with Crippen molar-refractivity contribution in [2.75, 3.05) is 13.7 Å². The third kappa shape index (κ3) is 2.33. The van der Waals surface area contributed by atoms with Crippen LogP contribution < -0.4 is 4.74 Å². The van der Waals surface area contributed by atoms with Gasteiger partial charge in [-0.1, -0.05) is 12.2 Å². The molecule has 2 atom stereocenters. The Labute approximate surface area is 139 Å². The Kier molecular flexibility index (Phi) is 3.48. The van der Waals surface area contributed by atoms with Gasteiger partial charge < -0.3 is 4.74 Å². The molecule has 7 nitrogen and oxygen atoms in total. The van der Waals surface area contributed by atoms with E-state index in [9.17, 15) is 9.59 Å². The molecule has 0 radical (unpaired) electrons. The first-order valence-corrected chi connectivity index (χ1v) is 7.96. The summed E-state index contributed by atoms with van der Waals surface area (Å²) in [7, 11) is 1.60. The summed E-state index contributed by atoms with van der Waals surface area (Å²) in [5, 5.41) is 8.59. The second-order valence-corrected chi connectivity index (χ2v) is 6.04. The second kappa shape index (κ2) is 5.67. The van der Waals surface area contributed by atoms with Crippen molar-refractivity contribution in [2.24, 2.45) is 5.10 Å². The molecule has 3 amide bonds. The molecule has 0 saturated carbocycles. The minimum absolute atomic E-state index is 0.000771. The van der Waals surface area contributed by atoms with Crippen molar-refractivity contribution in [1.29, 1.82) is 0 Å². The van der Waals surface area contributed by atoms with Gasteiger partial charge in [0.2, 0.25) is 0 Å². The van der Waals surface area contributed by atoms with E-state index in [1.807, 2.05) is 36.4 Å². The van der Waals surface area contributed by atoms with Crippen LogP contribution in [0.5, 0.6) is 5.75 Å². The number of rotatable bonds is 3. The molecule has 24 heavy (non-hydrogen) atoms. The number of hydrazone groups is 1. The normalized spacial score (nSPS) is 25.6. The summed E-state index contributed by atoms with van der Waals surface area (Å²) in [6.07, 6.45) is 7.40. The number of methoxy groups -OCH3 is 1. The van der Waals surface area contributed by atoms with Crippen molar-refractivity contribution in [2.45, 2.75) is 24.9 Å². The summed E-state index contributed by atoms with van der Waals surface area (Å²) >= 11 is 0. The van der Waals surface area contributed by atoms with Gasteiger partial charge in [-0.3, -0.25) is 4.79 Å². The van der Waals surface area contributed by atoms with Crippen LogP contribution in [0.25, 0.3) is 0 Å². The number of nitrogens with zero attached hydrogens (tertiary/aromatic N) is 4. The van der Waals surface area contributed by atoms with Crippen molar-refractivity contribution in [3.8, 4) is 5.75 Å². The molecule has 1 aromatic rings. The molecule has 1 aliphatic carbocycles. The van der Waals surface area contributed by atoms with Gasteiger partial charge in [0.05, 0.1) is 25.4 Å². The number of fused-ring (bicyclic) bond motifs is 1. The Morgan fingerprint density at radius 1 is 1.08 bits per heavy atom. The van der Waals surface area contributed by atoms with Crippen molar-refractivity contribution >= 4 is 18.2 Å². The molecule has 124 valence electrons. The zero-order chi connectivity index (χ0) is 16.7. The number of carbonyl (C=O) groups is 2. The van der Waals surface area contributed by atoms with E-state index < -0.39 is 0 Å². The number of benzene rings is 1. The maximum atomic E-state index is 12.7. The lowest BCUT2D eigenvalue weighted by molar-refractivity contribution is -0.165. The average Bonchev–Trinajstić information content (AvgIpc) is 2.64. The predicted octanol–water partition coefficient (Wildman–Crippen LogP) is 1.61. The highest BCUT2D eigenvalue weighted by molar-refractivity contribution is 5.91. The summed E-state index contributed by atoms with van der Waals surface area (Å²) in [5.74, 6) is 0.656. The fourth-order valence-electron chi connectivity index (χ4n) is 3.36. The van der Waals surface area contributed by atoms with Crippen LogP contribution in [0.1, 0.15) is 18.4 Å². The van der Waals surface area contributed by atoms with Gasteiger partial charge in [-0.15, -0.1) is 0 Å². The maximum absolute atomic E-state index is 12.7. The minimum Gasteiger partial charge on any atom is -0.497 e. The van der Waals surface area contributed by atoms with Gasteiger partial charge in [0.15, 0.2) is 0 Å². The molecule has 0 spiro atoms. The van der Waals surface area contributed by atoms with Crippen LogP contribution in [0.15, 0.2) is 41.5 Å². The van der Waals surface area contributed by atoms with Crippen LogP contribution in [0, 0.1) is 0 Å². The number of ether oxygens (including phenoxy) is 1. The lowest BCUT2D eigenvalue weighted by Gasteiger charge is -2.52. The van der Waals surface area contributed by atoms with Gasteiger partial charge in [0.1, 0.15) is 12.3 Å². The first-order chi connectivity index (χ1) is 11.7. The summed E-state index contributed by atoms with van der Waals surface area (Å²) in [5.41, 5.74) is 0.832. The number of hydrogen-bond donors (Lipinski definition) is 0. The molecule has 0 aromatic heterocycles. The zero-order valence-corrected chi connectivity index (χ0v) is 13.3. The molecule has 3 aliphatic heterocycles. The molecule has 4 aliphatic rings. The van der Waals surface area contributed by atoms with E-state index in [1.165, 1.54) is 5.01 Å². The highest BCUT2D eigenvalue weighted by Gasteiger charge is 2.47. The van der Waals surface area contributed by atoms with E-state index in [0.717, 1.165) is 24.2 Å². The number of carbonyl (C=O) groups excluding carboxylic acids is 2. The first kappa shape index (κ1) is 14.7. The topological polar surface area (TPSA) is 65.5 Å². The molecule has 1 aromatic carbocycles. The van der Waals surface area contributed by atoms with Gasteiger partial charge >= 0.3 is 6.03 Å². The zero-order valence-electron chi connectivity index (χ0n) is 13.3. The number of amides is 3. The Balaban J connectivity index is 1.54. The summed E-state index contributed by atoms with van der Waals surface area (Å²) in [6, 6.07) is 7.02. The molecule has 0 N–H and O–H groups in total. The Bertz CT molecular complexity index is 728. The van der Waals surface area contributed by atoms with Crippen LogP contribution in [-0.2, 0) is 4.79 Å². The maximum Gasteiger partial charge on any atom is 0.360 e. The molecular formula is C17H18N4O3. The molecule has 2 fully saturated rings. The van der Waals surface area contributed by atoms with E-state index in [2.05, 4.69) is 5.10 Å². The van der Waals surface area contributed by atoms with E-state index in [-0.39, 0.29) is 30.6 Å². The Hall–Kier alpha value is -2.83. The highest BCUT2D eigenvalue weighted by atomic mass is 16.5. The van der Waals surface area contributed by atoms with E-state index in [0.29, 0.717) is 0 Å². The molecule has 5 rings (SSSR count). The van der Waals surface area contributed by atoms with Crippen LogP contribution in [0.2, 0.25) is 0 Å². The number of hydrazine groups is 1. The average molecular weight is 326 g/mol. The number of hydrogen-bond acceptors (Lipinski definition) is 4. The van der Waals surface area contributed by atoms with Gasteiger partial charge in [-0.25, -0.2) is 19.8 Å². The van der Waals surface area contributed by atoms with E-state index in [4.69, 9.17) is 4.74 Å². The summed E-state index contributed by atoms with van der Waals surface area (Å²) in [6.45, 7) is -0.0287. The van der Waals surface area contributed by atoms with E-state index in [1.54, 1.807) is 23.3 Å². The lowest BCUT2D eigenvalue weighted by Crippen LogP contribution is -2.69. The molecule has 3 heterocycles. The van der Waals surface area contributed by atoms with Gasteiger partial charge in [-0.2, -0.15) is 5.10 Å². The summed E-state index contributed by atoms with van der Waals surface area (Å²) < 4.78 is 5.11. The van der Waals surface area contributed by atoms with Crippen LogP contribution in [0.4, 0.5) is 4.79 Å². The standard InChI is InChI=1S/C17H18N4O3/c1-24-15-8-2-12(3-9-15)10-18-19-11-16(22)20-13-4-6-14(7-5-13)21(20)17(19)23/h2-4,6,8-10,13-14H,5,7,11H2,1H3/b18-10+/t13-,14+/m1/s1. The fraction of sp³-hybridized carbons (Fsp3) is 0.353. The van der Waals surface area contributed by atoms with E-state index >= 15 is 0 Å². The Morgan fingerprint density at radius 3 is 2.38 bits per heavy atom. The van der Waals surface area contributed by atoms with Crippen molar-refractivity contribution < 1.29 is 14.3 Å². The number of urea groups is 1. The first-order valence-electron chi connectivity index (χ1n) is 7.96. The molecular weight excluding hydrogens is 308 g/mol. The smallest absolute Gasteiger partial charge is 0.360 e. The molecule has 2 bridgehead atoms. The quantitative estimate of drug-likeness (QED) is 0.626. The fourth-order valence-corrected chi connectivity index (χ4v) is 3.36. The molecule has 2 saturated heterocycles. The van der Waals surface area contributed by atoms with Gasteiger partial charge in [0.25, 0.3) is 5.91 Å². The van der Waals surface area contributed by atoms with Gasteiger partial charge in [-0.05, 0) is 42.7 Å². The van der Waals surface area contributed by atoms with Crippen molar-refractivity contribution in [3.63, 3.8) is 0 Å². The monoisotopic (exact) mass is 326 g/mol. The Morgan fingerprint density at radius 2 is 1.75 bits per heavy atom. The van der Waals surface area contributed by atoms with Crippen molar-refractivity contribution in [1.82, 2.24) is 15.0 Å². The molecule has 0 unspecified atom stereocenters. The lowest BCUT2D eigenvalue weighted by atomic mass is 9.93.